The zero-order valence-corrected chi connectivity index (χ0v) is 10.1. The zero-order valence-electron chi connectivity index (χ0n) is 10.1. The molecule has 2 aromatic rings. The SMILES string of the molecule is CC(F)(F)c1cc(Cc2cncc(F)c2)ccc1F. The molecule has 19 heavy (non-hydrogen) atoms. The molecule has 0 aliphatic carbocycles. The lowest BCUT2D eigenvalue weighted by Crippen LogP contribution is -2.10. The smallest absolute Gasteiger partial charge is 0.261 e. The van der Waals surface area contributed by atoms with Crippen LogP contribution in [0.5, 0.6) is 0 Å². The quantitative estimate of drug-likeness (QED) is 0.766. The van der Waals surface area contributed by atoms with Crippen LogP contribution in [0.25, 0.3) is 0 Å². The van der Waals surface area contributed by atoms with Crippen molar-refractivity contribution in [2.75, 3.05) is 0 Å². The highest BCUT2D eigenvalue weighted by molar-refractivity contribution is 5.31. The average molecular weight is 269 g/mol. The summed E-state index contributed by atoms with van der Waals surface area (Å²) in [6.07, 6.45) is 2.71. The van der Waals surface area contributed by atoms with Crippen LogP contribution >= 0.6 is 0 Å². The normalized spacial score (nSPS) is 11.6. The Labute approximate surface area is 107 Å². The van der Waals surface area contributed by atoms with E-state index < -0.39 is 23.1 Å². The van der Waals surface area contributed by atoms with Gasteiger partial charge in [-0.05, 0) is 35.7 Å². The van der Waals surface area contributed by atoms with Crippen LogP contribution in [0.3, 0.4) is 0 Å². The van der Waals surface area contributed by atoms with Crippen molar-refractivity contribution in [1.29, 1.82) is 0 Å². The lowest BCUT2D eigenvalue weighted by Gasteiger charge is -2.13. The Hall–Kier alpha value is -1.91. The van der Waals surface area contributed by atoms with Gasteiger partial charge >= 0.3 is 0 Å². The summed E-state index contributed by atoms with van der Waals surface area (Å²) in [4.78, 5) is 3.67. The van der Waals surface area contributed by atoms with Crippen molar-refractivity contribution in [2.45, 2.75) is 19.3 Å². The summed E-state index contributed by atoms with van der Waals surface area (Å²) >= 11 is 0. The van der Waals surface area contributed by atoms with Gasteiger partial charge in [0.15, 0.2) is 0 Å². The first kappa shape index (κ1) is 13.5. The van der Waals surface area contributed by atoms with Gasteiger partial charge in [0.2, 0.25) is 0 Å². The van der Waals surface area contributed by atoms with E-state index in [0.29, 0.717) is 18.1 Å². The van der Waals surface area contributed by atoms with Crippen LogP contribution in [0.1, 0.15) is 23.6 Å². The van der Waals surface area contributed by atoms with Gasteiger partial charge in [-0.3, -0.25) is 4.98 Å². The summed E-state index contributed by atoms with van der Waals surface area (Å²) in [5, 5.41) is 0. The van der Waals surface area contributed by atoms with E-state index in [9.17, 15) is 17.6 Å². The second-order valence-electron chi connectivity index (χ2n) is 4.39. The maximum atomic E-state index is 13.3. The first-order valence-corrected chi connectivity index (χ1v) is 5.62. The third-order valence-electron chi connectivity index (χ3n) is 2.67. The van der Waals surface area contributed by atoms with Crippen molar-refractivity contribution in [1.82, 2.24) is 4.98 Å². The van der Waals surface area contributed by atoms with Gasteiger partial charge < -0.3 is 0 Å². The van der Waals surface area contributed by atoms with E-state index in [-0.39, 0.29) is 6.42 Å². The van der Waals surface area contributed by atoms with E-state index in [0.717, 1.165) is 18.3 Å². The molecule has 1 aromatic carbocycles. The molecule has 0 fully saturated rings. The molecular formula is C14H11F4N. The lowest BCUT2D eigenvalue weighted by atomic mass is 10.0. The molecule has 0 saturated heterocycles. The number of benzene rings is 1. The van der Waals surface area contributed by atoms with Gasteiger partial charge in [0.05, 0.1) is 11.8 Å². The van der Waals surface area contributed by atoms with Crippen molar-refractivity contribution in [3.8, 4) is 0 Å². The number of rotatable bonds is 3. The van der Waals surface area contributed by atoms with E-state index in [1.165, 1.54) is 18.3 Å². The standard InChI is InChI=1S/C14H11F4N/c1-14(17,18)12-6-9(2-3-13(12)16)4-10-5-11(15)8-19-7-10/h2-3,5-8H,4H2,1H3. The number of halogens is 4. The molecule has 0 unspecified atom stereocenters. The third kappa shape index (κ3) is 3.30. The molecule has 0 saturated carbocycles. The van der Waals surface area contributed by atoms with Gasteiger partial charge in [-0.1, -0.05) is 6.07 Å². The van der Waals surface area contributed by atoms with Crippen LogP contribution in [0.15, 0.2) is 36.7 Å². The van der Waals surface area contributed by atoms with E-state index in [1.807, 2.05) is 0 Å². The second-order valence-corrected chi connectivity index (χ2v) is 4.39. The van der Waals surface area contributed by atoms with Gasteiger partial charge in [-0.15, -0.1) is 0 Å². The molecule has 0 bridgehead atoms. The van der Waals surface area contributed by atoms with Crippen LogP contribution in [0.2, 0.25) is 0 Å². The second kappa shape index (κ2) is 4.99. The van der Waals surface area contributed by atoms with E-state index in [4.69, 9.17) is 0 Å². The minimum atomic E-state index is -3.25. The fourth-order valence-corrected chi connectivity index (χ4v) is 1.81. The Bertz CT molecular complexity index is 590. The predicted molar refractivity (Wildman–Crippen MR) is 63.0 cm³/mol. The molecule has 0 aliphatic rings. The fourth-order valence-electron chi connectivity index (χ4n) is 1.81. The topological polar surface area (TPSA) is 12.9 Å². The monoisotopic (exact) mass is 269 g/mol. The summed E-state index contributed by atoms with van der Waals surface area (Å²) in [6.45, 7) is 0.638. The Morgan fingerprint density at radius 1 is 1.05 bits per heavy atom. The average Bonchev–Trinajstić information content (AvgIpc) is 2.30. The van der Waals surface area contributed by atoms with Crippen LogP contribution in [-0.2, 0) is 12.3 Å². The van der Waals surface area contributed by atoms with Gasteiger partial charge in [-0.2, -0.15) is 0 Å². The molecule has 1 heterocycles. The van der Waals surface area contributed by atoms with Crippen LogP contribution in [-0.4, -0.2) is 4.98 Å². The van der Waals surface area contributed by atoms with Gasteiger partial charge in [-0.25, -0.2) is 17.6 Å². The molecule has 0 aliphatic heterocycles. The molecule has 0 amide bonds. The highest BCUT2D eigenvalue weighted by atomic mass is 19.3. The van der Waals surface area contributed by atoms with E-state index >= 15 is 0 Å². The third-order valence-corrected chi connectivity index (χ3v) is 2.67. The largest absolute Gasteiger partial charge is 0.273 e. The van der Waals surface area contributed by atoms with E-state index in [2.05, 4.69) is 4.98 Å². The number of pyridine rings is 1. The van der Waals surface area contributed by atoms with Crippen molar-refractivity contribution < 1.29 is 17.6 Å². The van der Waals surface area contributed by atoms with Crippen molar-refractivity contribution in [3.05, 3.63) is 65.0 Å². The first-order valence-electron chi connectivity index (χ1n) is 5.62. The number of alkyl halides is 2. The Balaban J connectivity index is 2.32. The molecule has 1 aromatic heterocycles. The summed E-state index contributed by atoms with van der Waals surface area (Å²) in [7, 11) is 0. The molecule has 5 heteroatoms. The molecule has 2 rings (SSSR count). The molecule has 0 radical (unpaired) electrons. The van der Waals surface area contributed by atoms with Crippen molar-refractivity contribution in [3.63, 3.8) is 0 Å². The Kier molecular flexibility index (Phi) is 3.55. The number of aromatic nitrogens is 1. The highest BCUT2D eigenvalue weighted by Gasteiger charge is 2.28. The number of nitrogens with zero attached hydrogens (tertiary/aromatic N) is 1. The van der Waals surface area contributed by atoms with Crippen LogP contribution in [0.4, 0.5) is 17.6 Å². The van der Waals surface area contributed by atoms with Crippen molar-refractivity contribution in [2.24, 2.45) is 0 Å². The Morgan fingerprint density at radius 3 is 2.42 bits per heavy atom. The molecule has 0 atom stereocenters. The molecule has 100 valence electrons. The van der Waals surface area contributed by atoms with Gasteiger partial charge in [0.1, 0.15) is 11.6 Å². The first-order chi connectivity index (χ1) is 8.86. The van der Waals surface area contributed by atoms with Crippen LogP contribution < -0.4 is 0 Å². The summed E-state index contributed by atoms with van der Waals surface area (Å²) in [5.74, 6) is -4.70. The lowest BCUT2D eigenvalue weighted by molar-refractivity contribution is 0.0137. The van der Waals surface area contributed by atoms with Gasteiger partial charge in [0, 0.05) is 13.1 Å². The fraction of sp³-hybridized carbons (Fsp3) is 0.214. The minimum absolute atomic E-state index is 0.216. The van der Waals surface area contributed by atoms with Crippen molar-refractivity contribution >= 4 is 0 Å². The minimum Gasteiger partial charge on any atom is -0.261 e. The predicted octanol–water partition coefficient (Wildman–Crippen LogP) is 4.06. The molecule has 0 N–H and O–H groups in total. The van der Waals surface area contributed by atoms with E-state index in [1.54, 1.807) is 0 Å². The zero-order chi connectivity index (χ0) is 14.0. The van der Waals surface area contributed by atoms with Gasteiger partial charge in [0.25, 0.3) is 5.92 Å². The summed E-state index contributed by atoms with van der Waals surface area (Å²) < 4.78 is 52.6. The Morgan fingerprint density at radius 2 is 1.79 bits per heavy atom. The maximum absolute atomic E-state index is 13.3. The molecule has 0 spiro atoms. The summed E-state index contributed by atoms with van der Waals surface area (Å²) in [5.41, 5.74) is 0.358. The maximum Gasteiger partial charge on any atom is 0.273 e. The summed E-state index contributed by atoms with van der Waals surface area (Å²) in [6, 6.07) is 4.75. The highest BCUT2D eigenvalue weighted by Crippen LogP contribution is 2.30. The number of hydrogen-bond donors (Lipinski definition) is 0. The molecule has 1 nitrogen and oxygen atoms in total. The van der Waals surface area contributed by atoms with Crippen LogP contribution in [0, 0.1) is 11.6 Å². The number of hydrogen-bond acceptors (Lipinski definition) is 1. The molecular weight excluding hydrogens is 258 g/mol.